The maximum absolute atomic E-state index is 12.0. The topological polar surface area (TPSA) is 23.6 Å². The molecule has 0 fully saturated rings. The Bertz CT molecular complexity index is 818. The van der Waals surface area contributed by atoms with Crippen molar-refractivity contribution in [2.24, 2.45) is 11.8 Å². The fourth-order valence-electron chi connectivity index (χ4n) is 4.12. The fourth-order valence-corrected chi connectivity index (χ4v) is 6.47. The Hall–Kier alpha value is -1.33. The van der Waals surface area contributed by atoms with E-state index in [1.165, 1.54) is 71.3 Å². The Morgan fingerprint density at radius 3 is 2.09 bits per heavy atom. The summed E-state index contributed by atoms with van der Waals surface area (Å²) in [5.41, 5.74) is 1.17. The van der Waals surface area contributed by atoms with Crippen LogP contribution in [0.5, 0.6) is 0 Å². The van der Waals surface area contributed by atoms with Gasteiger partial charge in [-0.3, -0.25) is 4.79 Å². The molecule has 2 aromatic rings. The second-order valence-corrected chi connectivity index (χ2v) is 11.2. The molecule has 0 spiro atoms. The summed E-state index contributed by atoms with van der Waals surface area (Å²) in [5, 5.41) is 3.59. The molecule has 0 saturated heterocycles. The van der Waals surface area contributed by atoms with Crippen LogP contribution in [-0.2, 0) is 4.79 Å². The molecule has 0 aliphatic heterocycles. The summed E-state index contributed by atoms with van der Waals surface area (Å²) in [6.45, 7) is 11.6. The van der Waals surface area contributed by atoms with Gasteiger partial charge in [-0.1, -0.05) is 66.2 Å². The molecule has 2 heterocycles. The van der Waals surface area contributed by atoms with Crippen molar-refractivity contribution in [3.05, 3.63) is 23.1 Å². The van der Waals surface area contributed by atoms with E-state index in [9.17, 15) is 4.79 Å². The Labute approximate surface area is 204 Å². The van der Waals surface area contributed by atoms with E-state index in [1.54, 1.807) is 36.4 Å². The van der Waals surface area contributed by atoms with Gasteiger partial charge in [0.1, 0.15) is 0 Å². The zero-order valence-corrected chi connectivity index (χ0v) is 22.8. The Balaban J connectivity index is 2.29. The smallest absolute Gasteiger partial charge is 0.246 e. The van der Waals surface area contributed by atoms with Gasteiger partial charge >= 0.3 is 0 Å². The third kappa shape index (κ3) is 7.91. The minimum absolute atomic E-state index is 0.0335. The number of nitrogens with zero attached hydrogens (tertiary/aromatic N) is 2. The minimum atomic E-state index is 0.0335. The van der Waals surface area contributed by atoms with Crippen LogP contribution in [-0.4, -0.2) is 38.0 Å². The maximum atomic E-state index is 12.0. The molecule has 32 heavy (non-hydrogen) atoms. The highest BCUT2D eigenvalue weighted by Gasteiger charge is 2.20. The lowest BCUT2D eigenvalue weighted by atomic mass is 9.96. The lowest BCUT2D eigenvalue weighted by Gasteiger charge is -2.31. The van der Waals surface area contributed by atoms with Crippen LogP contribution in [0.15, 0.2) is 17.5 Å². The van der Waals surface area contributed by atoms with E-state index in [0.29, 0.717) is 0 Å². The first-order valence-electron chi connectivity index (χ1n) is 12.6. The second kappa shape index (κ2) is 14.0. The van der Waals surface area contributed by atoms with Crippen LogP contribution in [0.2, 0.25) is 0 Å². The molecule has 5 heteroatoms. The quantitative estimate of drug-likeness (QED) is 0.241. The van der Waals surface area contributed by atoms with Gasteiger partial charge in [0.05, 0.1) is 9.70 Å². The van der Waals surface area contributed by atoms with Gasteiger partial charge in [-0.15, -0.1) is 22.7 Å². The van der Waals surface area contributed by atoms with Crippen molar-refractivity contribution in [2.45, 2.75) is 79.1 Å². The number of carbonyl (C=O) groups is 1. The predicted octanol–water partition coefficient (Wildman–Crippen LogP) is 8.30. The predicted molar refractivity (Wildman–Crippen MR) is 146 cm³/mol. The van der Waals surface area contributed by atoms with Gasteiger partial charge in [-0.2, -0.15) is 0 Å². The molecule has 2 rings (SSSR count). The number of thiophene rings is 2. The molecule has 3 nitrogen and oxygen atoms in total. The maximum Gasteiger partial charge on any atom is 0.246 e. The van der Waals surface area contributed by atoms with Crippen molar-refractivity contribution in [1.29, 1.82) is 0 Å². The van der Waals surface area contributed by atoms with Crippen LogP contribution in [0, 0.1) is 11.8 Å². The number of rotatable bonds is 15. The van der Waals surface area contributed by atoms with Crippen LogP contribution in [0.3, 0.4) is 0 Å². The van der Waals surface area contributed by atoms with Crippen LogP contribution in [0.25, 0.3) is 15.5 Å². The highest BCUT2D eigenvalue weighted by molar-refractivity contribution is 7.29. The summed E-state index contributed by atoms with van der Waals surface area (Å²) < 4.78 is 2.66. The SMILES string of the molecule is CCCCC(CC)CN(CC(CC)CCCC)c1cc2scc(/C=C/C(=O)N(C)C)c2s1. The van der Waals surface area contributed by atoms with Crippen LogP contribution >= 0.6 is 22.7 Å². The molecular formula is C27H44N2OS2. The third-order valence-electron chi connectivity index (χ3n) is 6.46. The highest BCUT2D eigenvalue weighted by Crippen LogP contribution is 2.40. The fraction of sp³-hybridized carbons (Fsp3) is 0.667. The zero-order chi connectivity index (χ0) is 23.5. The second-order valence-electron chi connectivity index (χ2n) is 9.27. The van der Waals surface area contributed by atoms with E-state index >= 15 is 0 Å². The lowest BCUT2D eigenvalue weighted by Crippen LogP contribution is -2.33. The van der Waals surface area contributed by atoms with E-state index in [0.717, 1.165) is 24.9 Å². The average molecular weight is 477 g/mol. The number of hydrogen-bond donors (Lipinski definition) is 0. The number of anilines is 1. The van der Waals surface area contributed by atoms with Gasteiger partial charge in [0, 0.05) is 48.9 Å². The van der Waals surface area contributed by atoms with Crippen LogP contribution in [0.1, 0.15) is 84.6 Å². The first-order valence-corrected chi connectivity index (χ1v) is 14.3. The summed E-state index contributed by atoms with van der Waals surface area (Å²) >= 11 is 3.71. The first kappa shape index (κ1) is 26.9. The molecule has 2 unspecified atom stereocenters. The van der Waals surface area contributed by atoms with Crippen molar-refractivity contribution in [1.82, 2.24) is 4.90 Å². The number of unbranched alkanes of at least 4 members (excludes halogenated alkanes) is 2. The summed E-state index contributed by atoms with van der Waals surface area (Å²) in [5.74, 6) is 1.55. The van der Waals surface area contributed by atoms with Crippen LogP contribution in [0.4, 0.5) is 5.00 Å². The minimum Gasteiger partial charge on any atom is -0.363 e. The zero-order valence-electron chi connectivity index (χ0n) is 21.2. The van der Waals surface area contributed by atoms with Crippen molar-refractivity contribution >= 4 is 49.1 Å². The van der Waals surface area contributed by atoms with Crippen molar-refractivity contribution in [2.75, 3.05) is 32.1 Å². The molecular weight excluding hydrogens is 432 g/mol. The number of carbonyl (C=O) groups excluding carboxylic acids is 1. The summed E-state index contributed by atoms with van der Waals surface area (Å²) in [4.78, 5) is 16.3. The highest BCUT2D eigenvalue weighted by atomic mass is 32.1. The summed E-state index contributed by atoms with van der Waals surface area (Å²) in [7, 11) is 3.59. The summed E-state index contributed by atoms with van der Waals surface area (Å²) in [6.07, 6.45) is 14.0. The lowest BCUT2D eigenvalue weighted by molar-refractivity contribution is -0.123. The Morgan fingerprint density at radius 2 is 1.59 bits per heavy atom. The largest absolute Gasteiger partial charge is 0.363 e. The van der Waals surface area contributed by atoms with E-state index in [1.807, 2.05) is 17.4 Å². The molecule has 1 amide bonds. The van der Waals surface area contributed by atoms with Crippen molar-refractivity contribution in [3.63, 3.8) is 0 Å². The Morgan fingerprint density at radius 1 is 1.00 bits per heavy atom. The van der Waals surface area contributed by atoms with Crippen molar-refractivity contribution in [3.8, 4) is 0 Å². The number of hydrogen-bond acceptors (Lipinski definition) is 4. The standard InChI is InChI=1S/C27H44N2OS2/c1-7-11-13-21(9-3)18-29(19-22(10-4)14-12-8-2)26-17-24-27(32-26)23(20-31-24)15-16-25(30)28(5)6/h15-17,20-22H,7-14,18-19H2,1-6H3/b16-15+. The molecule has 0 N–H and O–H groups in total. The molecule has 0 aliphatic carbocycles. The third-order valence-corrected chi connectivity index (χ3v) is 8.78. The Kier molecular flexibility index (Phi) is 11.8. The van der Waals surface area contributed by atoms with E-state index in [-0.39, 0.29) is 5.91 Å². The molecule has 2 aromatic heterocycles. The molecule has 2 atom stereocenters. The summed E-state index contributed by atoms with van der Waals surface area (Å²) in [6, 6.07) is 2.40. The van der Waals surface area contributed by atoms with Gasteiger partial charge in [0.2, 0.25) is 5.91 Å². The van der Waals surface area contributed by atoms with Gasteiger partial charge in [-0.05, 0) is 36.8 Å². The first-order chi connectivity index (χ1) is 15.4. The van der Waals surface area contributed by atoms with Gasteiger partial charge in [0.15, 0.2) is 0 Å². The van der Waals surface area contributed by atoms with Gasteiger partial charge in [-0.25, -0.2) is 0 Å². The average Bonchev–Trinajstić information content (AvgIpc) is 3.37. The van der Waals surface area contributed by atoms with E-state index in [2.05, 4.69) is 44.0 Å². The van der Waals surface area contributed by atoms with Gasteiger partial charge in [0.25, 0.3) is 0 Å². The molecule has 0 aromatic carbocycles. The number of amides is 1. The molecule has 0 saturated carbocycles. The van der Waals surface area contributed by atoms with Gasteiger partial charge < -0.3 is 9.80 Å². The molecule has 0 radical (unpaired) electrons. The number of likely N-dealkylation sites (N-methyl/N-ethyl adjacent to an activating group) is 1. The monoisotopic (exact) mass is 476 g/mol. The van der Waals surface area contributed by atoms with E-state index in [4.69, 9.17) is 0 Å². The molecule has 0 aliphatic rings. The van der Waals surface area contributed by atoms with E-state index < -0.39 is 0 Å². The molecule has 0 bridgehead atoms. The number of fused-ring (bicyclic) bond motifs is 1. The van der Waals surface area contributed by atoms with Crippen molar-refractivity contribution < 1.29 is 4.79 Å². The molecule has 180 valence electrons. The normalized spacial score (nSPS) is 13.7. The van der Waals surface area contributed by atoms with Crippen LogP contribution < -0.4 is 4.90 Å².